The van der Waals surface area contributed by atoms with E-state index in [0.717, 1.165) is 13.1 Å². The number of hydrogen-bond acceptors (Lipinski definition) is 8. The van der Waals surface area contributed by atoms with E-state index in [9.17, 15) is 24.5 Å². The molecule has 0 aliphatic carbocycles. The molecule has 0 saturated carbocycles. The highest BCUT2D eigenvalue weighted by Gasteiger charge is 2.28. The number of nitrogens with zero attached hydrogens (tertiary/aromatic N) is 3. The van der Waals surface area contributed by atoms with Gasteiger partial charge in [-0.1, -0.05) is 0 Å². The van der Waals surface area contributed by atoms with Crippen LogP contribution in [0.25, 0.3) is 17.4 Å². The van der Waals surface area contributed by atoms with E-state index in [1.54, 1.807) is 18.2 Å². The van der Waals surface area contributed by atoms with Gasteiger partial charge in [-0.05, 0) is 37.4 Å². The Kier molecular flexibility index (Phi) is 5.26. The molecule has 3 heterocycles. The number of furan rings is 1. The van der Waals surface area contributed by atoms with Gasteiger partial charge in [0.25, 0.3) is 17.5 Å². The number of amides is 4. The number of hydrogen-bond donors (Lipinski definition) is 2. The number of barbiturate groups is 1. The summed E-state index contributed by atoms with van der Waals surface area (Å²) in [5.41, 5.74) is 0.734. The number of nitro benzene ring substituents is 1. The highest BCUT2D eigenvalue weighted by atomic mass is 16.6. The van der Waals surface area contributed by atoms with Crippen molar-refractivity contribution in [1.29, 1.82) is 0 Å². The fourth-order valence-corrected chi connectivity index (χ4v) is 3.47. The van der Waals surface area contributed by atoms with Crippen molar-refractivity contribution in [3.05, 3.63) is 51.8 Å². The number of piperazine rings is 1. The second kappa shape index (κ2) is 8.03. The average Bonchev–Trinajstić information content (AvgIpc) is 3.19. The van der Waals surface area contributed by atoms with Gasteiger partial charge >= 0.3 is 6.03 Å². The van der Waals surface area contributed by atoms with E-state index in [2.05, 4.69) is 4.90 Å². The van der Waals surface area contributed by atoms with Gasteiger partial charge in [0.05, 0.1) is 4.92 Å². The number of nitrogens with one attached hydrogen (secondary N) is 2. The molecule has 0 radical (unpaired) electrons. The van der Waals surface area contributed by atoms with Crippen LogP contribution in [0.4, 0.5) is 16.2 Å². The summed E-state index contributed by atoms with van der Waals surface area (Å²) in [6.07, 6.45) is 1.20. The number of carbonyl (C=O) groups excluding carboxylic acids is 3. The maximum Gasteiger partial charge on any atom is 0.328 e. The zero-order valence-electron chi connectivity index (χ0n) is 16.6. The molecule has 2 aliphatic heterocycles. The minimum atomic E-state index is -0.889. The highest BCUT2D eigenvalue weighted by Crippen LogP contribution is 2.34. The van der Waals surface area contributed by atoms with Crippen molar-refractivity contribution in [3.8, 4) is 11.3 Å². The first kappa shape index (κ1) is 20.3. The first-order valence-corrected chi connectivity index (χ1v) is 9.52. The molecule has 4 rings (SSSR count). The number of likely N-dealkylation sites (N-methyl/N-ethyl adjacent to an activating group) is 1. The average molecular weight is 425 g/mol. The van der Waals surface area contributed by atoms with E-state index in [0.29, 0.717) is 30.1 Å². The van der Waals surface area contributed by atoms with Gasteiger partial charge in [0.15, 0.2) is 0 Å². The third-order valence-electron chi connectivity index (χ3n) is 5.16. The van der Waals surface area contributed by atoms with Crippen LogP contribution >= 0.6 is 0 Å². The van der Waals surface area contributed by atoms with Gasteiger partial charge < -0.3 is 14.2 Å². The normalized spacial score (nSPS) is 17.4. The summed E-state index contributed by atoms with van der Waals surface area (Å²) in [7, 11) is 2.01. The van der Waals surface area contributed by atoms with Crippen LogP contribution in [0.2, 0.25) is 0 Å². The lowest BCUT2D eigenvalue weighted by Crippen LogP contribution is -2.51. The van der Waals surface area contributed by atoms with Gasteiger partial charge in [-0.25, -0.2) is 4.79 Å². The van der Waals surface area contributed by atoms with Gasteiger partial charge in [-0.15, -0.1) is 0 Å². The van der Waals surface area contributed by atoms with Crippen LogP contribution in [-0.4, -0.2) is 60.9 Å². The SMILES string of the molecule is CN1CCN(c2ccc(-c3ccc(C=C4C(=O)NC(=O)NC4=O)o3)cc2[N+](=O)[O-])CC1. The van der Waals surface area contributed by atoms with Crippen LogP contribution in [0.1, 0.15) is 5.76 Å². The molecule has 2 N–H and O–H groups in total. The maximum atomic E-state index is 11.8. The molecule has 2 saturated heterocycles. The van der Waals surface area contributed by atoms with Crippen molar-refractivity contribution in [1.82, 2.24) is 15.5 Å². The molecule has 0 atom stereocenters. The first-order valence-electron chi connectivity index (χ1n) is 9.52. The second-order valence-corrected chi connectivity index (χ2v) is 7.25. The Balaban J connectivity index is 1.61. The summed E-state index contributed by atoms with van der Waals surface area (Å²) in [6, 6.07) is 7.11. The molecular formula is C20H19N5O6. The molecule has 31 heavy (non-hydrogen) atoms. The monoisotopic (exact) mass is 425 g/mol. The molecule has 0 spiro atoms. The Hall–Kier alpha value is -3.99. The molecule has 11 nitrogen and oxygen atoms in total. The standard InChI is InChI=1S/C20H19N5O6/c1-23-6-8-24(9-7-23)15-4-2-12(10-16(15)25(29)30)17-5-3-13(31-17)11-14-18(26)21-20(28)22-19(14)27/h2-5,10-11H,6-9H2,1H3,(H2,21,22,26,27,28). The van der Waals surface area contributed by atoms with Crippen molar-refractivity contribution in [2.75, 3.05) is 38.1 Å². The highest BCUT2D eigenvalue weighted by molar-refractivity contribution is 6.31. The van der Waals surface area contributed by atoms with E-state index in [1.165, 1.54) is 18.2 Å². The summed E-state index contributed by atoms with van der Waals surface area (Å²) >= 11 is 0. The number of anilines is 1. The lowest BCUT2D eigenvalue weighted by Gasteiger charge is -2.33. The molecule has 2 aliphatic rings. The molecule has 2 aromatic rings. The van der Waals surface area contributed by atoms with E-state index in [1.807, 2.05) is 22.6 Å². The maximum absolute atomic E-state index is 11.8. The molecule has 1 aromatic carbocycles. The van der Waals surface area contributed by atoms with Crippen LogP contribution in [0.5, 0.6) is 0 Å². The smallest absolute Gasteiger partial charge is 0.328 e. The molecule has 1 aromatic heterocycles. The summed E-state index contributed by atoms with van der Waals surface area (Å²) in [5, 5.41) is 15.6. The summed E-state index contributed by atoms with van der Waals surface area (Å²) in [4.78, 5) is 50.2. The van der Waals surface area contributed by atoms with Crippen molar-refractivity contribution >= 4 is 35.3 Å². The van der Waals surface area contributed by atoms with E-state index < -0.39 is 22.8 Å². The Morgan fingerprint density at radius 3 is 2.35 bits per heavy atom. The van der Waals surface area contributed by atoms with Gasteiger partial charge in [0.2, 0.25) is 0 Å². The van der Waals surface area contributed by atoms with Gasteiger partial charge in [-0.3, -0.25) is 30.3 Å². The Morgan fingerprint density at radius 1 is 1.03 bits per heavy atom. The van der Waals surface area contributed by atoms with Crippen LogP contribution in [0, 0.1) is 10.1 Å². The molecule has 160 valence electrons. The Labute approximate surface area is 176 Å². The zero-order chi connectivity index (χ0) is 22.1. The quantitative estimate of drug-likeness (QED) is 0.324. The predicted molar refractivity (Wildman–Crippen MR) is 110 cm³/mol. The third-order valence-corrected chi connectivity index (χ3v) is 5.16. The number of imide groups is 2. The fourth-order valence-electron chi connectivity index (χ4n) is 3.47. The van der Waals surface area contributed by atoms with Crippen molar-refractivity contribution in [2.45, 2.75) is 0 Å². The first-order chi connectivity index (χ1) is 14.8. The number of benzene rings is 1. The molecule has 0 bridgehead atoms. The zero-order valence-corrected chi connectivity index (χ0v) is 16.6. The second-order valence-electron chi connectivity index (χ2n) is 7.25. The summed E-state index contributed by atoms with van der Waals surface area (Å²) in [6.45, 7) is 3.04. The van der Waals surface area contributed by atoms with Gasteiger partial charge in [0.1, 0.15) is 22.8 Å². The number of nitro groups is 1. The molecule has 0 unspecified atom stereocenters. The van der Waals surface area contributed by atoms with Gasteiger partial charge in [-0.2, -0.15) is 0 Å². The fraction of sp³-hybridized carbons (Fsp3) is 0.250. The minimum Gasteiger partial charge on any atom is -0.457 e. The van der Waals surface area contributed by atoms with Crippen molar-refractivity contribution in [3.63, 3.8) is 0 Å². The lowest BCUT2D eigenvalue weighted by molar-refractivity contribution is -0.384. The van der Waals surface area contributed by atoms with Gasteiger partial charge in [0, 0.05) is 37.8 Å². The van der Waals surface area contributed by atoms with E-state index in [-0.39, 0.29) is 17.0 Å². The van der Waals surface area contributed by atoms with Crippen LogP contribution < -0.4 is 15.5 Å². The van der Waals surface area contributed by atoms with Crippen LogP contribution in [-0.2, 0) is 9.59 Å². The van der Waals surface area contributed by atoms with Crippen molar-refractivity contribution in [2.24, 2.45) is 0 Å². The number of rotatable bonds is 4. The number of urea groups is 1. The Morgan fingerprint density at radius 2 is 1.71 bits per heavy atom. The number of carbonyl (C=O) groups is 3. The third kappa shape index (κ3) is 4.16. The molecule has 2 fully saturated rings. The summed E-state index contributed by atoms with van der Waals surface area (Å²) < 4.78 is 5.67. The molecule has 11 heteroatoms. The summed E-state index contributed by atoms with van der Waals surface area (Å²) in [5.74, 6) is -1.14. The lowest BCUT2D eigenvalue weighted by atomic mass is 10.1. The minimum absolute atomic E-state index is 0.0251. The predicted octanol–water partition coefficient (Wildman–Crippen LogP) is 1.36. The van der Waals surface area contributed by atoms with E-state index in [4.69, 9.17) is 4.42 Å². The van der Waals surface area contributed by atoms with Crippen LogP contribution in [0.3, 0.4) is 0 Å². The largest absolute Gasteiger partial charge is 0.457 e. The Bertz CT molecular complexity index is 1090. The topological polar surface area (TPSA) is 138 Å². The van der Waals surface area contributed by atoms with E-state index >= 15 is 0 Å². The molecule has 4 amide bonds. The molecular weight excluding hydrogens is 406 g/mol. The van der Waals surface area contributed by atoms with Crippen molar-refractivity contribution < 1.29 is 23.7 Å². The van der Waals surface area contributed by atoms with Crippen LogP contribution in [0.15, 0.2) is 40.3 Å².